The van der Waals surface area contributed by atoms with Crippen molar-refractivity contribution < 1.29 is 13.9 Å². The number of hydrogen-bond donors (Lipinski definition) is 2. The molecular formula is C16H14N2O4. The smallest absolute Gasteiger partial charge is 0.345 e. The molecule has 2 aromatic heterocycles. The van der Waals surface area contributed by atoms with Crippen molar-refractivity contribution in [1.82, 2.24) is 4.98 Å². The minimum atomic E-state index is -0.686. The lowest BCUT2D eigenvalue weighted by atomic mass is 10.1. The van der Waals surface area contributed by atoms with Crippen molar-refractivity contribution >= 4 is 22.6 Å². The number of carbonyl (C=O) groups excluding carboxylic acids is 1. The Bertz CT molecular complexity index is 865. The van der Waals surface area contributed by atoms with Crippen molar-refractivity contribution in [2.24, 2.45) is 0 Å². The quantitative estimate of drug-likeness (QED) is 0.723. The Kier molecular flexibility index (Phi) is 3.65. The Morgan fingerprint density at radius 3 is 2.82 bits per heavy atom. The van der Waals surface area contributed by atoms with Gasteiger partial charge in [0.25, 0.3) is 5.56 Å². The summed E-state index contributed by atoms with van der Waals surface area (Å²) in [7, 11) is 1.24. The van der Waals surface area contributed by atoms with Gasteiger partial charge in [0, 0.05) is 5.39 Å². The molecule has 0 amide bonds. The normalized spacial score (nSPS) is 10.6. The van der Waals surface area contributed by atoms with E-state index in [1.54, 1.807) is 24.5 Å². The van der Waals surface area contributed by atoms with Gasteiger partial charge in [-0.05, 0) is 18.2 Å². The highest BCUT2D eigenvalue weighted by Crippen LogP contribution is 2.24. The third-order valence-corrected chi connectivity index (χ3v) is 3.33. The minimum Gasteiger partial charge on any atom is -0.467 e. The molecule has 3 aromatic rings. The maximum atomic E-state index is 12.2. The molecule has 0 radical (unpaired) electrons. The second-order valence-corrected chi connectivity index (χ2v) is 4.67. The Morgan fingerprint density at radius 1 is 1.27 bits per heavy atom. The number of pyridine rings is 1. The van der Waals surface area contributed by atoms with Crippen LogP contribution in [0.2, 0.25) is 0 Å². The largest absolute Gasteiger partial charge is 0.467 e. The molecule has 0 aliphatic carbocycles. The molecule has 0 saturated heterocycles. The number of rotatable bonds is 4. The van der Waals surface area contributed by atoms with Crippen LogP contribution in [-0.2, 0) is 11.3 Å². The number of esters is 1. The van der Waals surface area contributed by atoms with Crippen molar-refractivity contribution in [3.63, 3.8) is 0 Å². The number of aromatic nitrogens is 1. The van der Waals surface area contributed by atoms with Crippen LogP contribution in [0.4, 0.5) is 5.69 Å². The summed E-state index contributed by atoms with van der Waals surface area (Å²) in [5.74, 6) is 0.00845. The molecule has 2 N–H and O–H groups in total. The number of fused-ring (bicyclic) bond motifs is 1. The van der Waals surface area contributed by atoms with E-state index in [-0.39, 0.29) is 5.56 Å². The Labute approximate surface area is 125 Å². The number of methoxy groups -OCH3 is 1. The van der Waals surface area contributed by atoms with E-state index in [9.17, 15) is 9.59 Å². The zero-order valence-corrected chi connectivity index (χ0v) is 11.9. The first-order valence-corrected chi connectivity index (χ1v) is 6.70. The highest BCUT2D eigenvalue weighted by molar-refractivity contribution is 6.04. The van der Waals surface area contributed by atoms with E-state index in [1.165, 1.54) is 7.11 Å². The lowest BCUT2D eigenvalue weighted by Gasteiger charge is -2.12. The summed E-state index contributed by atoms with van der Waals surface area (Å²) in [6, 6.07) is 10.8. The summed E-state index contributed by atoms with van der Waals surface area (Å²) in [6.45, 7) is 0.352. The zero-order chi connectivity index (χ0) is 15.5. The van der Waals surface area contributed by atoms with E-state index >= 15 is 0 Å². The molecule has 0 bridgehead atoms. The average molecular weight is 298 g/mol. The molecule has 0 unspecified atom stereocenters. The van der Waals surface area contributed by atoms with Crippen LogP contribution >= 0.6 is 0 Å². The first-order valence-electron chi connectivity index (χ1n) is 6.70. The molecule has 6 heteroatoms. The molecule has 6 nitrogen and oxygen atoms in total. The molecule has 0 saturated carbocycles. The molecule has 0 spiro atoms. The zero-order valence-electron chi connectivity index (χ0n) is 11.9. The van der Waals surface area contributed by atoms with E-state index < -0.39 is 11.5 Å². The highest BCUT2D eigenvalue weighted by atomic mass is 16.5. The van der Waals surface area contributed by atoms with E-state index in [4.69, 9.17) is 9.15 Å². The summed E-state index contributed by atoms with van der Waals surface area (Å²) in [5.41, 5.74) is 0.532. The number of anilines is 1. The maximum Gasteiger partial charge on any atom is 0.345 e. The fraction of sp³-hybridized carbons (Fsp3) is 0.125. The van der Waals surface area contributed by atoms with Crippen LogP contribution in [-0.4, -0.2) is 18.1 Å². The number of para-hydroxylation sites is 1. The van der Waals surface area contributed by atoms with E-state index in [1.807, 2.05) is 18.2 Å². The Morgan fingerprint density at radius 2 is 2.09 bits per heavy atom. The molecule has 1 aromatic carbocycles. The molecular weight excluding hydrogens is 284 g/mol. The van der Waals surface area contributed by atoms with Crippen LogP contribution in [0.1, 0.15) is 16.1 Å². The summed E-state index contributed by atoms with van der Waals surface area (Å²) in [5, 5.41) is 3.83. The number of nitrogens with one attached hydrogen (secondary N) is 2. The van der Waals surface area contributed by atoms with Crippen molar-refractivity contribution in [2.45, 2.75) is 6.54 Å². The number of hydrogen-bond acceptors (Lipinski definition) is 5. The molecule has 112 valence electrons. The predicted octanol–water partition coefficient (Wildman–Crippen LogP) is 2.52. The van der Waals surface area contributed by atoms with Crippen LogP contribution in [0.15, 0.2) is 51.9 Å². The fourth-order valence-corrected chi connectivity index (χ4v) is 2.31. The van der Waals surface area contributed by atoms with Gasteiger partial charge in [-0.15, -0.1) is 0 Å². The molecule has 0 aliphatic rings. The number of benzene rings is 1. The van der Waals surface area contributed by atoms with Gasteiger partial charge in [0.15, 0.2) is 0 Å². The van der Waals surface area contributed by atoms with E-state index in [2.05, 4.69) is 10.3 Å². The Balaban J connectivity index is 2.14. The predicted molar refractivity (Wildman–Crippen MR) is 81.9 cm³/mol. The van der Waals surface area contributed by atoms with Gasteiger partial charge in [-0.1, -0.05) is 18.2 Å². The average Bonchev–Trinajstić information content (AvgIpc) is 3.05. The third-order valence-electron chi connectivity index (χ3n) is 3.33. The van der Waals surface area contributed by atoms with Crippen LogP contribution < -0.4 is 10.9 Å². The van der Waals surface area contributed by atoms with Gasteiger partial charge in [-0.2, -0.15) is 0 Å². The van der Waals surface area contributed by atoms with Gasteiger partial charge in [-0.3, -0.25) is 4.79 Å². The number of ether oxygens (including phenoxy) is 1. The third kappa shape index (κ3) is 2.46. The topological polar surface area (TPSA) is 84.3 Å². The van der Waals surface area contributed by atoms with E-state index in [0.29, 0.717) is 23.5 Å². The highest BCUT2D eigenvalue weighted by Gasteiger charge is 2.20. The number of carbonyl (C=O) groups is 1. The summed E-state index contributed by atoms with van der Waals surface area (Å²) < 4.78 is 9.98. The standard InChI is InChI=1S/C16H14N2O4/c1-21-16(20)13-14(17-9-10-5-4-8-22-10)11-6-2-3-7-12(11)18-15(13)19/h2-8H,9H2,1H3,(H2,17,18,19). The molecule has 22 heavy (non-hydrogen) atoms. The molecule has 0 fully saturated rings. The van der Waals surface area contributed by atoms with Gasteiger partial charge < -0.3 is 19.5 Å². The first kappa shape index (κ1) is 13.9. The summed E-state index contributed by atoms with van der Waals surface area (Å²) in [4.78, 5) is 26.8. The number of aromatic amines is 1. The lowest BCUT2D eigenvalue weighted by molar-refractivity contribution is 0.0600. The lowest BCUT2D eigenvalue weighted by Crippen LogP contribution is -2.22. The van der Waals surface area contributed by atoms with Crippen molar-refractivity contribution in [2.75, 3.05) is 12.4 Å². The SMILES string of the molecule is COC(=O)c1c(NCc2ccco2)c2ccccc2[nH]c1=O. The van der Waals surface area contributed by atoms with Gasteiger partial charge in [0.2, 0.25) is 0 Å². The Hall–Kier alpha value is -3.02. The molecule has 2 heterocycles. The second kappa shape index (κ2) is 5.77. The van der Waals surface area contributed by atoms with Crippen LogP contribution in [0, 0.1) is 0 Å². The summed E-state index contributed by atoms with van der Waals surface area (Å²) >= 11 is 0. The van der Waals surface area contributed by atoms with Crippen LogP contribution in [0.5, 0.6) is 0 Å². The van der Waals surface area contributed by atoms with Crippen molar-refractivity contribution in [1.29, 1.82) is 0 Å². The van der Waals surface area contributed by atoms with Crippen molar-refractivity contribution in [3.05, 3.63) is 64.3 Å². The minimum absolute atomic E-state index is 0.0484. The van der Waals surface area contributed by atoms with Gasteiger partial charge in [0.1, 0.15) is 11.3 Å². The first-order chi connectivity index (χ1) is 10.7. The maximum absolute atomic E-state index is 12.2. The monoisotopic (exact) mass is 298 g/mol. The molecule has 0 aliphatic heterocycles. The van der Waals surface area contributed by atoms with Crippen LogP contribution in [0.25, 0.3) is 10.9 Å². The van der Waals surface area contributed by atoms with Gasteiger partial charge in [0.05, 0.1) is 31.1 Å². The van der Waals surface area contributed by atoms with Gasteiger partial charge in [-0.25, -0.2) is 4.79 Å². The van der Waals surface area contributed by atoms with Gasteiger partial charge >= 0.3 is 5.97 Å². The van der Waals surface area contributed by atoms with Crippen LogP contribution in [0.3, 0.4) is 0 Å². The summed E-state index contributed by atoms with van der Waals surface area (Å²) in [6.07, 6.45) is 1.56. The number of H-pyrrole nitrogens is 1. The number of furan rings is 1. The van der Waals surface area contributed by atoms with E-state index in [0.717, 1.165) is 5.39 Å². The molecule has 0 atom stereocenters. The fourth-order valence-electron chi connectivity index (χ4n) is 2.31. The molecule has 3 rings (SSSR count). The second-order valence-electron chi connectivity index (χ2n) is 4.67. The van der Waals surface area contributed by atoms with Crippen molar-refractivity contribution in [3.8, 4) is 0 Å².